The summed E-state index contributed by atoms with van der Waals surface area (Å²) in [7, 11) is -1.98. The van der Waals surface area contributed by atoms with Crippen molar-refractivity contribution in [2.24, 2.45) is 0 Å². The Morgan fingerprint density at radius 1 is 1.08 bits per heavy atom. The van der Waals surface area contributed by atoms with Crippen molar-refractivity contribution < 1.29 is 13.2 Å². The number of carbonyl (C=O) groups is 1. The summed E-state index contributed by atoms with van der Waals surface area (Å²) in [6.45, 7) is 0.287. The van der Waals surface area contributed by atoms with Crippen LogP contribution in [0.2, 0.25) is 0 Å². The van der Waals surface area contributed by atoms with Gasteiger partial charge in [-0.05, 0) is 36.9 Å². The Kier molecular flexibility index (Phi) is 7.04. The van der Waals surface area contributed by atoms with Crippen molar-refractivity contribution in [3.8, 4) is 0 Å². The first-order valence-electron chi connectivity index (χ1n) is 7.89. The number of rotatable bonds is 8. The van der Waals surface area contributed by atoms with Crippen LogP contribution in [0.25, 0.3) is 0 Å². The molecule has 0 atom stereocenters. The lowest BCUT2D eigenvalue weighted by Gasteiger charge is -2.17. The molecule has 2 aromatic carbocycles. The quantitative estimate of drug-likeness (QED) is 0.715. The van der Waals surface area contributed by atoms with Crippen LogP contribution in [0.3, 0.4) is 0 Å². The molecule has 25 heavy (non-hydrogen) atoms. The van der Waals surface area contributed by atoms with Gasteiger partial charge in [-0.3, -0.25) is 4.79 Å². The number of benzene rings is 2. The number of hydrogen-bond acceptors (Lipinski definition) is 4. The van der Waals surface area contributed by atoms with Gasteiger partial charge < -0.3 is 5.32 Å². The van der Waals surface area contributed by atoms with Crippen LogP contribution in [0.4, 0.5) is 5.69 Å². The first-order valence-corrected chi connectivity index (χ1v) is 10.6. The van der Waals surface area contributed by atoms with Gasteiger partial charge in [0.05, 0.1) is 10.6 Å². The van der Waals surface area contributed by atoms with Crippen molar-refractivity contribution in [2.75, 3.05) is 25.2 Å². The minimum absolute atomic E-state index is 0.119. The maximum absolute atomic E-state index is 12.4. The van der Waals surface area contributed by atoms with E-state index in [4.69, 9.17) is 0 Å². The third-order valence-electron chi connectivity index (χ3n) is 3.71. The lowest BCUT2D eigenvalue weighted by molar-refractivity contribution is -0.116. The zero-order valence-corrected chi connectivity index (χ0v) is 15.9. The highest BCUT2D eigenvalue weighted by atomic mass is 32.2. The van der Waals surface area contributed by atoms with Crippen molar-refractivity contribution in [2.45, 2.75) is 22.6 Å². The maximum atomic E-state index is 12.4. The zero-order valence-electron chi connectivity index (χ0n) is 14.3. The van der Waals surface area contributed by atoms with E-state index in [1.807, 2.05) is 30.5 Å². The number of para-hydroxylation sites is 1. The number of amides is 1. The second-order valence-electron chi connectivity index (χ2n) is 5.49. The smallest absolute Gasteiger partial charge is 0.242 e. The number of carbonyl (C=O) groups excluding carboxylic acids is 1. The van der Waals surface area contributed by atoms with Gasteiger partial charge in [0.15, 0.2) is 0 Å². The van der Waals surface area contributed by atoms with E-state index in [1.54, 1.807) is 42.1 Å². The summed E-state index contributed by atoms with van der Waals surface area (Å²) in [5, 5.41) is 2.88. The van der Waals surface area contributed by atoms with Gasteiger partial charge in [-0.25, -0.2) is 12.7 Å². The molecule has 0 fully saturated rings. The predicted octanol–water partition coefficient (Wildman–Crippen LogP) is 3.45. The fourth-order valence-electron chi connectivity index (χ4n) is 2.32. The molecule has 0 aliphatic carbocycles. The zero-order chi connectivity index (χ0) is 18.3. The summed E-state index contributed by atoms with van der Waals surface area (Å²) >= 11 is 1.56. The monoisotopic (exact) mass is 378 g/mol. The average Bonchev–Trinajstić information content (AvgIpc) is 2.62. The van der Waals surface area contributed by atoms with Crippen LogP contribution < -0.4 is 5.32 Å². The van der Waals surface area contributed by atoms with E-state index in [1.165, 1.54) is 11.4 Å². The molecule has 0 aromatic heterocycles. The lowest BCUT2D eigenvalue weighted by Crippen LogP contribution is -2.28. The molecular weight excluding hydrogens is 356 g/mol. The second kappa shape index (κ2) is 9.03. The van der Waals surface area contributed by atoms with Crippen LogP contribution in [-0.4, -0.2) is 38.5 Å². The minimum Gasteiger partial charge on any atom is -0.325 e. The molecule has 0 bridgehead atoms. The van der Waals surface area contributed by atoms with Crippen LogP contribution in [0.1, 0.15) is 12.8 Å². The number of nitrogens with zero attached hydrogens (tertiary/aromatic N) is 1. The van der Waals surface area contributed by atoms with Crippen molar-refractivity contribution >= 4 is 33.4 Å². The highest BCUT2D eigenvalue weighted by Gasteiger charge is 2.20. The fraction of sp³-hybridized carbons (Fsp3) is 0.278. The Balaban J connectivity index is 1.86. The summed E-state index contributed by atoms with van der Waals surface area (Å²) in [6, 6.07) is 15.9. The van der Waals surface area contributed by atoms with Gasteiger partial charge in [-0.2, -0.15) is 0 Å². The summed E-state index contributed by atoms with van der Waals surface area (Å²) in [4.78, 5) is 13.4. The molecule has 134 valence electrons. The van der Waals surface area contributed by atoms with Gasteiger partial charge in [0, 0.05) is 24.9 Å². The van der Waals surface area contributed by atoms with Gasteiger partial charge in [0.1, 0.15) is 0 Å². The Labute approximate surface area is 153 Å². The summed E-state index contributed by atoms with van der Waals surface area (Å²) in [5.74, 6) is -0.119. The van der Waals surface area contributed by atoms with E-state index in [-0.39, 0.29) is 23.8 Å². The van der Waals surface area contributed by atoms with Crippen molar-refractivity contribution in [3.63, 3.8) is 0 Å². The minimum atomic E-state index is -3.51. The number of thioether (sulfide) groups is 1. The van der Waals surface area contributed by atoms with Crippen LogP contribution >= 0.6 is 11.8 Å². The van der Waals surface area contributed by atoms with Crippen molar-refractivity contribution in [3.05, 3.63) is 54.6 Å². The van der Waals surface area contributed by atoms with E-state index >= 15 is 0 Å². The van der Waals surface area contributed by atoms with E-state index in [9.17, 15) is 13.2 Å². The van der Waals surface area contributed by atoms with Gasteiger partial charge in [-0.1, -0.05) is 30.3 Å². The van der Waals surface area contributed by atoms with Crippen molar-refractivity contribution in [1.82, 2.24) is 4.31 Å². The number of sulfonamides is 1. The average molecular weight is 379 g/mol. The Morgan fingerprint density at radius 2 is 1.72 bits per heavy atom. The van der Waals surface area contributed by atoms with Crippen molar-refractivity contribution in [1.29, 1.82) is 0 Å². The molecule has 2 aromatic rings. The van der Waals surface area contributed by atoms with E-state index in [0.29, 0.717) is 6.42 Å². The number of anilines is 1. The van der Waals surface area contributed by atoms with Gasteiger partial charge in [-0.15, -0.1) is 11.8 Å². The summed E-state index contributed by atoms with van der Waals surface area (Å²) < 4.78 is 26.1. The highest BCUT2D eigenvalue weighted by molar-refractivity contribution is 7.98. The van der Waals surface area contributed by atoms with Crippen LogP contribution in [-0.2, 0) is 14.8 Å². The lowest BCUT2D eigenvalue weighted by atomic mass is 10.2. The molecule has 2 rings (SSSR count). The summed E-state index contributed by atoms with van der Waals surface area (Å²) in [6.07, 6.45) is 2.67. The molecule has 0 radical (unpaired) electrons. The Bertz CT molecular complexity index is 808. The largest absolute Gasteiger partial charge is 0.325 e. The Morgan fingerprint density at radius 3 is 2.40 bits per heavy atom. The topological polar surface area (TPSA) is 66.5 Å². The third-order valence-corrected chi connectivity index (χ3v) is 6.38. The molecule has 1 N–H and O–H groups in total. The third kappa shape index (κ3) is 5.32. The van der Waals surface area contributed by atoms with Gasteiger partial charge >= 0.3 is 0 Å². The molecular formula is C18H22N2O3S2. The first kappa shape index (κ1) is 19.5. The molecule has 0 heterocycles. The molecule has 0 spiro atoms. The number of hydrogen-bond donors (Lipinski definition) is 1. The molecule has 1 amide bonds. The molecule has 0 unspecified atom stereocenters. The highest BCUT2D eigenvalue weighted by Crippen LogP contribution is 2.24. The summed E-state index contributed by atoms with van der Waals surface area (Å²) in [5.41, 5.74) is 0.783. The van der Waals surface area contributed by atoms with E-state index < -0.39 is 10.0 Å². The molecule has 0 aliphatic rings. The predicted molar refractivity (Wildman–Crippen MR) is 102 cm³/mol. The second-order valence-corrected chi connectivity index (χ2v) is 8.38. The maximum Gasteiger partial charge on any atom is 0.242 e. The standard InChI is InChI=1S/C18H22N2O3S2/c1-20(25(22,23)15-9-4-3-5-10-15)14-8-13-18(21)19-16-11-6-7-12-17(16)24-2/h3-7,9-12H,8,13-14H2,1-2H3,(H,19,21). The first-order chi connectivity index (χ1) is 11.9. The normalized spacial score (nSPS) is 11.5. The molecule has 0 saturated carbocycles. The van der Waals surface area contributed by atoms with Gasteiger partial charge in [0.2, 0.25) is 15.9 Å². The fourth-order valence-corrected chi connectivity index (χ4v) is 4.10. The van der Waals surface area contributed by atoms with Crippen LogP contribution in [0.15, 0.2) is 64.4 Å². The van der Waals surface area contributed by atoms with Crippen LogP contribution in [0.5, 0.6) is 0 Å². The molecule has 7 heteroatoms. The SMILES string of the molecule is CSc1ccccc1NC(=O)CCCN(C)S(=O)(=O)c1ccccc1. The van der Waals surface area contributed by atoms with Gasteiger partial charge in [0.25, 0.3) is 0 Å². The molecule has 0 saturated heterocycles. The van der Waals surface area contributed by atoms with Crippen LogP contribution in [0, 0.1) is 0 Å². The number of nitrogens with one attached hydrogen (secondary N) is 1. The molecule has 5 nitrogen and oxygen atoms in total. The van der Waals surface area contributed by atoms with E-state index in [0.717, 1.165) is 10.6 Å². The Hall–Kier alpha value is -1.83. The molecule has 0 aliphatic heterocycles. The van der Waals surface area contributed by atoms with E-state index in [2.05, 4.69) is 5.32 Å².